The van der Waals surface area contributed by atoms with Gasteiger partial charge in [0.1, 0.15) is 0 Å². The predicted octanol–water partition coefficient (Wildman–Crippen LogP) is 6.67. The van der Waals surface area contributed by atoms with Crippen LogP contribution in [0.15, 0.2) is 0 Å². The first kappa shape index (κ1) is 26.9. The Balaban J connectivity index is 3.71. The van der Waals surface area contributed by atoms with Crippen LogP contribution in [0.3, 0.4) is 0 Å². The van der Waals surface area contributed by atoms with Gasteiger partial charge in [0.2, 0.25) is 0 Å². The van der Waals surface area contributed by atoms with Crippen LogP contribution in [0.1, 0.15) is 129 Å². The molecule has 0 spiro atoms. The topological polar surface area (TPSA) is 74.6 Å². The van der Waals surface area contributed by atoms with Crippen LogP contribution < -0.4 is 0 Å². The highest BCUT2D eigenvalue weighted by Crippen LogP contribution is 2.19. The Morgan fingerprint density at radius 2 is 0.963 bits per heavy atom. The van der Waals surface area contributed by atoms with Gasteiger partial charge in [0.15, 0.2) is 0 Å². The van der Waals surface area contributed by atoms with Gasteiger partial charge in [0.25, 0.3) is 10.1 Å². The molecular formula is C22H46O4S. The Morgan fingerprint density at radius 1 is 0.593 bits per heavy atom. The van der Waals surface area contributed by atoms with E-state index < -0.39 is 15.4 Å². The lowest BCUT2D eigenvalue weighted by Crippen LogP contribution is -2.20. The standard InChI is InChI=1S/C22H46O4S/c1-3-5-7-8-12-15-19-22(27(24,25)26)20-16-13-10-9-11-14-18-21(23)17-6-4-2/h21-23H,3-20H2,1-2H3,(H,24,25,26). The van der Waals surface area contributed by atoms with Gasteiger partial charge in [-0.1, -0.05) is 104 Å². The van der Waals surface area contributed by atoms with E-state index in [1.54, 1.807) is 0 Å². The largest absolute Gasteiger partial charge is 0.393 e. The molecule has 0 aliphatic heterocycles. The predicted molar refractivity (Wildman–Crippen MR) is 116 cm³/mol. The Kier molecular flexibility index (Phi) is 17.8. The smallest absolute Gasteiger partial charge is 0.267 e. The highest BCUT2D eigenvalue weighted by molar-refractivity contribution is 7.86. The summed E-state index contributed by atoms with van der Waals surface area (Å²) in [5.74, 6) is 0. The van der Waals surface area contributed by atoms with Gasteiger partial charge in [-0.05, 0) is 25.7 Å². The normalized spacial score (nSPS) is 14.4. The highest BCUT2D eigenvalue weighted by Gasteiger charge is 2.21. The van der Waals surface area contributed by atoms with E-state index in [-0.39, 0.29) is 6.10 Å². The molecular weight excluding hydrogens is 360 g/mol. The van der Waals surface area contributed by atoms with E-state index in [4.69, 9.17) is 0 Å². The molecule has 0 aromatic heterocycles. The van der Waals surface area contributed by atoms with Crippen LogP contribution in [0.5, 0.6) is 0 Å². The summed E-state index contributed by atoms with van der Waals surface area (Å²) in [4.78, 5) is 0. The molecule has 0 bridgehead atoms. The molecule has 0 fully saturated rings. The number of rotatable bonds is 20. The molecule has 2 unspecified atom stereocenters. The fraction of sp³-hybridized carbons (Fsp3) is 1.00. The molecule has 4 nitrogen and oxygen atoms in total. The molecule has 5 heteroatoms. The zero-order chi connectivity index (χ0) is 20.4. The van der Waals surface area contributed by atoms with Crippen molar-refractivity contribution in [1.29, 1.82) is 0 Å². The van der Waals surface area contributed by atoms with Crippen molar-refractivity contribution in [1.82, 2.24) is 0 Å². The van der Waals surface area contributed by atoms with E-state index in [2.05, 4.69) is 13.8 Å². The van der Waals surface area contributed by atoms with Crippen molar-refractivity contribution in [3.05, 3.63) is 0 Å². The summed E-state index contributed by atoms with van der Waals surface area (Å²) in [6, 6.07) is 0. The number of hydrogen-bond acceptors (Lipinski definition) is 3. The van der Waals surface area contributed by atoms with Crippen LogP contribution in [0.4, 0.5) is 0 Å². The minimum atomic E-state index is -3.91. The van der Waals surface area contributed by atoms with Crippen LogP contribution in [0, 0.1) is 0 Å². The second-order valence-corrected chi connectivity index (χ2v) is 9.88. The molecule has 0 aliphatic rings. The highest BCUT2D eigenvalue weighted by atomic mass is 32.2. The maximum Gasteiger partial charge on any atom is 0.267 e. The van der Waals surface area contributed by atoms with E-state index in [1.807, 2.05) is 0 Å². The Bertz CT molecular complexity index is 409. The number of aliphatic hydroxyl groups excluding tert-OH is 1. The molecule has 0 rings (SSSR count). The van der Waals surface area contributed by atoms with Crippen molar-refractivity contribution < 1.29 is 18.1 Å². The SMILES string of the molecule is CCCCCCCCC(CCCCCCCCC(O)CCCC)S(=O)(=O)O. The lowest BCUT2D eigenvalue weighted by Gasteiger charge is -2.14. The van der Waals surface area contributed by atoms with Crippen LogP contribution >= 0.6 is 0 Å². The quantitative estimate of drug-likeness (QED) is 0.175. The van der Waals surface area contributed by atoms with Gasteiger partial charge in [-0.15, -0.1) is 0 Å². The van der Waals surface area contributed by atoms with Crippen LogP contribution in [-0.4, -0.2) is 29.4 Å². The van der Waals surface area contributed by atoms with E-state index in [0.717, 1.165) is 77.0 Å². The van der Waals surface area contributed by atoms with Gasteiger partial charge in [-0.3, -0.25) is 4.55 Å². The average Bonchev–Trinajstić information content (AvgIpc) is 2.62. The molecule has 0 radical (unpaired) electrons. The maximum atomic E-state index is 11.6. The van der Waals surface area contributed by atoms with Gasteiger partial charge < -0.3 is 5.11 Å². The summed E-state index contributed by atoms with van der Waals surface area (Å²) >= 11 is 0. The molecule has 0 saturated heterocycles. The minimum Gasteiger partial charge on any atom is -0.393 e. The van der Waals surface area contributed by atoms with E-state index in [9.17, 15) is 18.1 Å². The maximum absolute atomic E-state index is 11.6. The second-order valence-electron chi connectivity index (χ2n) is 8.19. The second kappa shape index (κ2) is 17.9. The lowest BCUT2D eigenvalue weighted by molar-refractivity contribution is 0.148. The fourth-order valence-corrected chi connectivity index (χ4v) is 4.57. The molecule has 27 heavy (non-hydrogen) atoms. The number of unbranched alkanes of at least 4 members (excludes halogenated alkanes) is 11. The fourth-order valence-electron chi connectivity index (χ4n) is 3.64. The molecule has 0 aromatic rings. The molecule has 0 saturated carbocycles. The molecule has 0 aliphatic carbocycles. The van der Waals surface area contributed by atoms with Crippen molar-refractivity contribution in [3.63, 3.8) is 0 Å². The average molecular weight is 407 g/mol. The minimum absolute atomic E-state index is 0.137. The number of aliphatic hydroxyl groups is 1. The third-order valence-corrected chi connectivity index (χ3v) is 6.82. The molecule has 2 atom stereocenters. The van der Waals surface area contributed by atoms with Crippen molar-refractivity contribution in [2.45, 2.75) is 141 Å². The first-order chi connectivity index (χ1) is 12.9. The van der Waals surface area contributed by atoms with Gasteiger partial charge in [0.05, 0.1) is 11.4 Å². The molecule has 0 amide bonds. The zero-order valence-corrected chi connectivity index (χ0v) is 18.8. The van der Waals surface area contributed by atoms with Crippen molar-refractivity contribution >= 4 is 10.1 Å². The summed E-state index contributed by atoms with van der Waals surface area (Å²) in [5.41, 5.74) is 0. The first-order valence-corrected chi connectivity index (χ1v) is 13.1. The third kappa shape index (κ3) is 17.7. The van der Waals surface area contributed by atoms with Gasteiger partial charge in [0, 0.05) is 0 Å². The van der Waals surface area contributed by atoms with Crippen LogP contribution in [0.25, 0.3) is 0 Å². The Hall–Kier alpha value is -0.130. The summed E-state index contributed by atoms with van der Waals surface area (Å²) in [6.07, 6.45) is 18.3. The van der Waals surface area contributed by atoms with Crippen LogP contribution in [-0.2, 0) is 10.1 Å². The molecule has 164 valence electrons. The first-order valence-electron chi connectivity index (χ1n) is 11.6. The third-order valence-electron chi connectivity index (χ3n) is 5.51. The summed E-state index contributed by atoms with van der Waals surface area (Å²) in [5, 5.41) is 9.24. The molecule has 0 aromatic carbocycles. The summed E-state index contributed by atoms with van der Waals surface area (Å²) in [6.45, 7) is 4.33. The van der Waals surface area contributed by atoms with Crippen LogP contribution in [0.2, 0.25) is 0 Å². The lowest BCUT2D eigenvalue weighted by atomic mass is 10.0. The Labute approximate surface area is 169 Å². The molecule has 2 N–H and O–H groups in total. The number of hydrogen-bond donors (Lipinski definition) is 2. The van der Waals surface area contributed by atoms with E-state index >= 15 is 0 Å². The molecule has 0 heterocycles. The monoisotopic (exact) mass is 406 g/mol. The van der Waals surface area contributed by atoms with Gasteiger partial charge >= 0.3 is 0 Å². The van der Waals surface area contributed by atoms with Gasteiger partial charge in [-0.25, -0.2) is 0 Å². The van der Waals surface area contributed by atoms with Crippen molar-refractivity contribution in [2.75, 3.05) is 0 Å². The van der Waals surface area contributed by atoms with Crippen molar-refractivity contribution in [3.8, 4) is 0 Å². The summed E-state index contributed by atoms with van der Waals surface area (Å²) < 4.78 is 32.6. The zero-order valence-electron chi connectivity index (χ0n) is 18.0. The Morgan fingerprint density at radius 3 is 1.41 bits per heavy atom. The van der Waals surface area contributed by atoms with E-state index in [0.29, 0.717) is 12.8 Å². The van der Waals surface area contributed by atoms with Crippen molar-refractivity contribution in [2.24, 2.45) is 0 Å². The van der Waals surface area contributed by atoms with E-state index in [1.165, 1.54) is 25.7 Å². The summed E-state index contributed by atoms with van der Waals surface area (Å²) in [7, 11) is -3.91. The van der Waals surface area contributed by atoms with Gasteiger partial charge in [-0.2, -0.15) is 8.42 Å².